The Morgan fingerprint density at radius 2 is 1.78 bits per heavy atom. The second kappa shape index (κ2) is 6.25. The maximum Gasteiger partial charge on any atom is 0.241 e. The first-order chi connectivity index (χ1) is 11.3. The first kappa shape index (κ1) is 15.2. The van der Waals surface area contributed by atoms with E-state index in [4.69, 9.17) is 0 Å². The molecule has 2 saturated heterocycles. The van der Waals surface area contributed by atoms with Crippen molar-refractivity contribution in [3.8, 4) is 0 Å². The number of benzene rings is 1. The van der Waals surface area contributed by atoms with Gasteiger partial charge < -0.3 is 5.32 Å². The van der Waals surface area contributed by atoms with E-state index in [1.54, 1.807) is 0 Å². The molecule has 2 atom stereocenters. The number of amides is 1. The number of piperidine rings is 1. The van der Waals surface area contributed by atoms with Crippen LogP contribution < -0.4 is 10.6 Å². The number of nitrogens with one attached hydrogen (secondary N) is 2. The van der Waals surface area contributed by atoms with Crippen molar-refractivity contribution in [1.29, 1.82) is 0 Å². The van der Waals surface area contributed by atoms with Crippen molar-refractivity contribution in [2.24, 2.45) is 0 Å². The van der Waals surface area contributed by atoms with Crippen LogP contribution in [0.25, 0.3) is 0 Å². The number of carbonyl (C=O) groups is 1. The lowest BCUT2D eigenvalue weighted by Crippen LogP contribution is -2.57. The second-order valence-electron chi connectivity index (χ2n) is 7.35. The molecule has 0 aromatic heterocycles. The molecular formula is C19H27N3O. The number of hydrogen-bond acceptors (Lipinski definition) is 3. The highest BCUT2D eigenvalue weighted by molar-refractivity contribution is 5.88. The van der Waals surface area contributed by atoms with Gasteiger partial charge in [0.1, 0.15) is 5.54 Å². The Kier molecular flexibility index (Phi) is 4.12. The summed E-state index contributed by atoms with van der Waals surface area (Å²) < 4.78 is 0. The number of hydrogen-bond donors (Lipinski definition) is 2. The van der Waals surface area contributed by atoms with E-state index in [1.807, 2.05) is 0 Å². The number of carbonyl (C=O) groups excluding carboxylic acids is 1. The third-order valence-electron chi connectivity index (χ3n) is 6.19. The van der Waals surface area contributed by atoms with E-state index >= 15 is 0 Å². The van der Waals surface area contributed by atoms with E-state index in [-0.39, 0.29) is 11.4 Å². The zero-order valence-electron chi connectivity index (χ0n) is 13.8. The molecule has 23 heavy (non-hydrogen) atoms. The summed E-state index contributed by atoms with van der Waals surface area (Å²) in [6.45, 7) is 2.71. The smallest absolute Gasteiger partial charge is 0.241 e. The Labute approximate surface area is 138 Å². The number of nitrogens with zero attached hydrogens (tertiary/aromatic N) is 1. The molecule has 2 N–H and O–H groups in total. The number of likely N-dealkylation sites (tertiary alicyclic amines) is 1. The SMILES string of the molecule is O=C1NCNC12CCN(C1CCCCC1c1ccccc1)CC2. The Morgan fingerprint density at radius 3 is 2.48 bits per heavy atom. The lowest BCUT2D eigenvalue weighted by atomic mass is 9.77. The molecular weight excluding hydrogens is 286 g/mol. The minimum absolute atomic E-state index is 0.209. The fourth-order valence-corrected chi connectivity index (χ4v) is 4.82. The van der Waals surface area contributed by atoms with Crippen molar-refractivity contribution in [2.75, 3.05) is 19.8 Å². The quantitative estimate of drug-likeness (QED) is 0.880. The molecule has 1 amide bonds. The van der Waals surface area contributed by atoms with Crippen molar-refractivity contribution in [3.63, 3.8) is 0 Å². The fourth-order valence-electron chi connectivity index (χ4n) is 4.82. The van der Waals surface area contributed by atoms with Gasteiger partial charge in [-0.2, -0.15) is 0 Å². The van der Waals surface area contributed by atoms with Crippen LogP contribution in [0.3, 0.4) is 0 Å². The van der Waals surface area contributed by atoms with Gasteiger partial charge in [-0.1, -0.05) is 43.2 Å². The third-order valence-corrected chi connectivity index (χ3v) is 6.19. The summed E-state index contributed by atoms with van der Waals surface area (Å²) in [5, 5.41) is 6.34. The predicted octanol–water partition coefficient (Wildman–Crippen LogP) is 2.22. The van der Waals surface area contributed by atoms with E-state index in [2.05, 4.69) is 45.9 Å². The Bertz CT molecular complexity index is 551. The zero-order chi connectivity index (χ0) is 15.7. The van der Waals surface area contributed by atoms with Crippen molar-refractivity contribution < 1.29 is 4.79 Å². The van der Waals surface area contributed by atoms with Crippen LogP contribution in [0, 0.1) is 0 Å². The summed E-state index contributed by atoms with van der Waals surface area (Å²) in [5.41, 5.74) is 1.21. The lowest BCUT2D eigenvalue weighted by molar-refractivity contribution is -0.126. The van der Waals surface area contributed by atoms with E-state index in [0.29, 0.717) is 18.6 Å². The lowest BCUT2D eigenvalue weighted by Gasteiger charge is -2.45. The van der Waals surface area contributed by atoms with Gasteiger partial charge in [-0.05, 0) is 37.2 Å². The second-order valence-corrected chi connectivity index (χ2v) is 7.35. The average Bonchev–Trinajstić information content (AvgIpc) is 2.97. The molecule has 4 heteroatoms. The molecule has 3 aliphatic rings. The molecule has 2 heterocycles. The van der Waals surface area contributed by atoms with Crippen LogP contribution in [0.4, 0.5) is 0 Å². The minimum Gasteiger partial charge on any atom is -0.342 e. The van der Waals surface area contributed by atoms with Gasteiger partial charge in [-0.25, -0.2) is 0 Å². The van der Waals surface area contributed by atoms with Crippen molar-refractivity contribution >= 4 is 5.91 Å². The van der Waals surface area contributed by atoms with Crippen LogP contribution in [0.5, 0.6) is 0 Å². The van der Waals surface area contributed by atoms with E-state index in [9.17, 15) is 4.79 Å². The molecule has 4 nitrogen and oxygen atoms in total. The molecule has 0 bridgehead atoms. The van der Waals surface area contributed by atoms with Crippen LogP contribution in [0.2, 0.25) is 0 Å². The van der Waals surface area contributed by atoms with Gasteiger partial charge in [-0.15, -0.1) is 0 Å². The van der Waals surface area contributed by atoms with E-state index < -0.39 is 0 Å². The summed E-state index contributed by atoms with van der Waals surface area (Å²) in [6.07, 6.45) is 7.17. The van der Waals surface area contributed by atoms with Gasteiger partial charge in [0.15, 0.2) is 0 Å². The molecule has 1 spiro atoms. The molecule has 1 aliphatic carbocycles. The summed E-state index contributed by atoms with van der Waals surface area (Å²) in [4.78, 5) is 14.8. The van der Waals surface area contributed by atoms with Crippen LogP contribution in [0.15, 0.2) is 30.3 Å². The first-order valence-corrected chi connectivity index (χ1v) is 9.11. The summed E-state index contributed by atoms with van der Waals surface area (Å²) in [7, 11) is 0. The van der Waals surface area contributed by atoms with E-state index in [1.165, 1.54) is 31.2 Å². The standard InChI is InChI=1S/C19H27N3O/c23-18-19(21-14-20-18)10-12-22(13-11-19)17-9-5-4-8-16(17)15-6-2-1-3-7-15/h1-3,6-7,16-17,21H,4-5,8-14H2,(H,20,23). The van der Waals surface area contributed by atoms with Gasteiger partial charge in [-0.3, -0.25) is 15.0 Å². The van der Waals surface area contributed by atoms with Crippen molar-refractivity contribution in [1.82, 2.24) is 15.5 Å². The van der Waals surface area contributed by atoms with Crippen LogP contribution in [-0.2, 0) is 4.79 Å². The van der Waals surface area contributed by atoms with E-state index in [0.717, 1.165) is 25.9 Å². The van der Waals surface area contributed by atoms with Gasteiger partial charge in [0.25, 0.3) is 0 Å². The molecule has 1 aromatic rings. The highest BCUT2D eigenvalue weighted by Crippen LogP contribution is 2.38. The predicted molar refractivity (Wildman–Crippen MR) is 91.1 cm³/mol. The highest BCUT2D eigenvalue weighted by atomic mass is 16.2. The average molecular weight is 313 g/mol. The summed E-state index contributed by atoms with van der Waals surface area (Å²) in [5.74, 6) is 0.866. The molecule has 2 aliphatic heterocycles. The van der Waals surface area contributed by atoms with Gasteiger partial charge in [0.2, 0.25) is 5.91 Å². The Balaban J connectivity index is 1.47. The molecule has 4 rings (SSSR count). The first-order valence-electron chi connectivity index (χ1n) is 9.11. The third kappa shape index (κ3) is 2.79. The molecule has 0 radical (unpaired) electrons. The zero-order valence-corrected chi connectivity index (χ0v) is 13.8. The normalized spacial score (nSPS) is 31.2. The minimum atomic E-state index is -0.284. The highest BCUT2D eigenvalue weighted by Gasteiger charge is 2.45. The van der Waals surface area contributed by atoms with Gasteiger partial charge in [0, 0.05) is 19.1 Å². The fraction of sp³-hybridized carbons (Fsp3) is 0.632. The van der Waals surface area contributed by atoms with Crippen LogP contribution >= 0.6 is 0 Å². The molecule has 1 aromatic carbocycles. The Morgan fingerprint density at radius 1 is 1.04 bits per heavy atom. The van der Waals surface area contributed by atoms with Gasteiger partial charge >= 0.3 is 0 Å². The largest absolute Gasteiger partial charge is 0.342 e. The number of rotatable bonds is 2. The molecule has 2 unspecified atom stereocenters. The van der Waals surface area contributed by atoms with Crippen molar-refractivity contribution in [2.45, 2.75) is 56.0 Å². The summed E-state index contributed by atoms with van der Waals surface area (Å²) >= 11 is 0. The van der Waals surface area contributed by atoms with Crippen LogP contribution in [-0.4, -0.2) is 42.1 Å². The topological polar surface area (TPSA) is 44.4 Å². The monoisotopic (exact) mass is 313 g/mol. The molecule has 3 fully saturated rings. The maximum absolute atomic E-state index is 12.1. The van der Waals surface area contributed by atoms with Crippen LogP contribution in [0.1, 0.15) is 50.0 Å². The molecule has 124 valence electrons. The maximum atomic E-state index is 12.1. The van der Waals surface area contributed by atoms with Gasteiger partial charge in [0.05, 0.1) is 6.67 Å². The summed E-state index contributed by atoms with van der Waals surface area (Å²) in [6, 6.07) is 11.7. The molecule has 1 saturated carbocycles. The Hall–Kier alpha value is -1.39. The van der Waals surface area contributed by atoms with Crippen molar-refractivity contribution in [3.05, 3.63) is 35.9 Å².